The van der Waals surface area contributed by atoms with Gasteiger partial charge in [0.15, 0.2) is 0 Å². The lowest BCUT2D eigenvalue weighted by atomic mass is 9.97. The zero-order valence-electron chi connectivity index (χ0n) is 15.1. The number of anilines is 1. The average Bonchev–Trinajstić information content (AvgIpc) is 2.57. The van der Waals surface area contributed by atoms with Crippen molar-refractivity contribution in [3.63, 3.8) is 0 Å². The van der Waals surface area contributed by atoms with Crippen LogP contribution < -0.4 is 10.6 Å². The molecule has 0 saturated carbocycles. The predicted octanol–water partition coefficient (Wildman–Crippen LogP) is 3.57. The van der Waals surface area contributed by atoms with Crippen LogP contribution >= 0.6 is 0 Å². The van der Waals surface area contributed by atoms with Gasteiger partial charge in [0, 0.05) is 5.69 Å². The predicted molar refractivity (Wildman–Crippen MR) is 99.8 cm³/mol. The lowest BCUT2D eigenvalue weighted by molar-refractivity contribution is -0.141. The van der Waals surface area contributed by atoms with Gasteiger partial charge in [-0.1, -0.05) is 29.3 Å². The van der Waals surface area contributed by atoms with Gasteiger partial charge >= 0.3 is 5.97 Å². The number of hydrogen-bond acceptors (Lipinski definition) is 3. The van der Waals surface area contributed by atoms with Gasteiger partial charge in [0.1, 0.15) is 6.04 Å². The van der Waals surface area contributed by atoms with Crippen molar-refractivity contribution in [3.8, 4) is 0 Å². The van der Waals surface area contributed by atoms with E-state index in [1.807, 2.05) is 32.0 Å². The van der Waals surface area contributed by atoms with Gasteiger partial charge in [-0.3, -0.25) is 9.59 Å². The summed E-state index contributed by atoms with van der Waals surface area (Å²) in [7, 11) is 0. The van der Waals surface area contributed by atoms with Crippen LogP contribution in [0.15, 0.2) is 29.8 Å². The summed E-state index contributed by atoms with van der Waals surface area (Å²) in [5.74, 6) is -1.28. The zero-order chi connectivity index (χ0) is 18.2. The molecule has 1 amide bonds. The highest BCUT2D eigenvalue weighted by atomic mass is 16.4. The molecular formula is C20H28N2O3. The second-order valence-corrected chi connectivity index (χ2v) is 6.77. The van der Waals surface area contributed by atoms with Crippen molar-refractivity contribution in [2.45, 2.75) is 58.4 Å². The van der Waals surface area contributed by atoms with Crippen LogP contribution in [0.4, 0.5) is 5.69 Å². The largest absolute Gasteiger partial charge is 0.480 e. The van der Waals surface area contributed by atoms with Gasteiger partial charge in [-0.25, -0.2) is 0 Å². The number of nitrogens with one attached hydrogen (secondary N) is 2. The molecular weight excluding hydrogens is 316 g/mol. The van der Waals surface area contributed by atoms with Crippen LogP contribution in [0, 0.1) is 13.8 Å². The molecule has 3 N–H and O–H groups in total. The summed E-state index contributed by atoms with van der Waals surface area (Å²) in [4.78, 5) is 23.6. The maximum Gasteiger partial charge on any atom is 0.321 e. The Morgan fingerprint density at radius 3 is 2.68 bits per heavy atom. The minimum absolute atomic E-state index is 0.0816. The van der Waals surface area contributed by atoms with E-state index in [0.29, 0.717) is 6.54 Å². The van der Waals surface area contributed by atoms with Gasteiger partial charge < -0.3 is 15.7 Å². The lowest BCUT2D eigenvalue weighted by Gasteiger charge is -2.17. The van der Waals surface area contributed by atoms with Gasteiger partial charge in [-0.05, 0) is 64.1 Å². The average molecular weight is 344 g/mol. The molecule has 1 unspecified atom stereocenters. The Bertz CT molecular complexity index is 652. The van der Waals surface area contributed by atoms with E-state index in [-0.39, 0.29) is 12.3 Å². The highest BCUT2D eigenvalue weighted by Crippen LogP contribution is 2.19. The van der Waals surface area contributed by atoms with Crippen LogP contribution in [0.2, 0.25) is 0 Å². The molecule has 0 heterocycles. The maximum atomic E-state index is 12.2. The third-order valence-corrected chi connectivity index (χ3v) is 4.57. The standard InChI is InChI=1S/C20H28N2O3/c1-14-8-9-17(15(2)12-14)22-19(23)13-18(20(24)25)21-11-10-16-6-4-3-5-7-16/h6,8-9,12,18,21H,3-5,7,10-11,13H2,1-2H3,(H,22,23)(H,24,25). The van der Waals surface area contributed by atoms with Gasteiger partial charge in [0.05, 0.1) is 6.42 Å². The highest BCUT2D eigenvalue weighted by molar-refractivity contribution is 5.94. The van der Waals surface area contributed by atoms with Gasteiger partial charge in [-0.2, -0.15) is 0 Å². The first-order valence-corrected chi connectivity index (χ1v) is 8.97. The molecule has 1 aromatic rings. The van der Waals surface area contributed by atoms with Crippen molar-refractivity contribution in [2.75, 3.05) is 11.9 Å². The molecule has 5 heteroatoms. The number of benzene rings is 1. The summed E-state index contributed by atoms with van der Waals surface area (Å²) in [6, 6.07) is 4.89. The van der Waals surface area contributed by atoms with Gasteiger partial charge in [0.25, 0.3) is 0 Å². The Morgan fingerprint density at radius 1 is 1.24 bits per heavy atom. The normalized spacial score (nSPS) is 15.4. The van der Waals surface area contributed by atoms with E-state index in [2.05, 4.69) is 16.7 Å². The zero-order valence-corrected chi connectivity index (χ0v) is 15.1. The third-order valence-electron chi connectivity index (χ3n) is 4.57. The second-order valence-electron chi connectivity index (χ2n) is 6.77. The number of carboxylic acids is 1. The number of carbonyl (C=O) groups excluding carboxylic acids is 1. The van der Waals surface area contributed by atoms with Crippen molar-refractivity contribution in [2.24, 2.45) is 0 Å². The van der Waals surface area contributed by atoms with Gasteiger partial charge in [0.2, 0.25) is 5.91 Å². The molecule has 0 saturated heterocycles. The molecule has 136 valence electrons. The monoisotopic (exact) mass is 344 g/mol. The van der Waals surface area contributed by atoms with Crippen molar-refractivity contribution in [3.05, 3.63) is 41.0 Å². The van der Waals surface area contributed by atoms with E-state index in [0.717, 1.165) is 36.1 Å². The Morgan fingerprint density at radius 2 is 2.04 bits per heavy atom. The summed E-state index contributed by atoms with van der Waals surface area (Å²) in [6.45, 7) is 4.50. The van der Waals surface area contributed by atoms with Crippen LogP contribution in [-0.2, 0) is 9.59 Å². The molecule has 5 nitrogen and oxygen atoms in total. The van der Waals surface area contributed by atoms with E-state index < -0.39 is 12.0 Å². The van der Waals surface area contributed by atoms with Crippen LogP contribution in [0.1, 0.15) is 49.7 Å². The topological polar surface area (TPSA) is 78.4 Å². The molecule has 1 atom stereocenters. The maximum absolute atomic E-state index is 12.2. The van der Waals surface area contributed by atoms with Crippen LogP contribution in [0.5, 0.6) is 0 Å². The third kappa shape index (κ3) is 6.35. The van der Waals surface area contributed by atoms with E-state index in [9.17, 15) is 14.7 Å². The number of allylic oxidation sites excluding steroid dienone is 1. The molecule has 0 radical (unpaired) electrons. The molecule has 0 fully saturated rings. The van der Waals surface area contributed by atoms with Crippen LogP contribution in [0.25, 0.3) is 0 Å². The highest BCUT2D eigenvalue weighted by Gasteiger charge is 2.21. The molecule has 2 rings (SSSR count). The molecule has 0 spiro atoms. The number of aryl methyl sites for hydroxylation is 2. The summed E-state index contributed by atoms with van der Waals surface area (Å²) >= 11 is 0. The molecule has 1 aliphatic rings. The number of rotatable bonds is 8. The molecule has 1 aliphatic carbocycles. The van der Waals surface area contributed by atoms with E-state index in [1.54, 1.807) is 0 Å². The molecule has 0 aromatic heterocycles. The Labute approximate surface area is 149 Å². The Balaban J connectivity index is 1.84. The number of carbonyl (C=O) groups is 2. The SMILES string of the molecule is Cc1ccc(NC(=O)CC(NCCC2=CCCCC2)C(=O)O)c(C)c1. The summed E-state index contributed by atoms with van der Waals surface area (Å²) < 4.78 is 0. The fourth-order valence-electron chi connectivity index (χ4n) is 3.13. The molecule has 1 aromatic carbocycles. The quantitative estimate of drug-likeness (QED) is 0.630. The first-order chi connectivity index (χ1) is 12.0. The van der Waals surface area contributed by atoms with E-state index >= 15 is 0 Å². The van der Waals surface area contributed by atoms with Crippen molar-refractivity contribution in [1.29, 1.82) is 0 Å². The van der Waals surface area contributed by atoms with Crippen molar-refractivity contribution in [1.82, 2.24) is 5.32 Å². The number of amides is 1. The van der Waals surface area contributed by atoms with Crippen LogP contribution in [-0.4, -0.2) is 29.6 Å². The number of carboxylic acid groups (broad SMARTS) is 1. The van der Waals surface area contributed by atoms with Crippen molar-refractivity contribution >= 4 is 17.6 Å². The molecule has 0 bridgehead atoms. The van der Waals surface area contributed by atoms with Gasteiger partial charge in [-0.15, -0.1) is 0 Å². The lowest BCUT2D eigenvalue weighted by Crippen LogP contribution is -2.40. The second kappa shape index (κ2) is 9.37. The smallest absolute Gasteiger partial charge is 0.321 e. The van der Waals surface area contributed by atoms with Crippen LogP contribution in [0.3, 0.4) is 0 Å². The van der Waals surface area contributed by atoms with E-state index in [1.165, 1.54) is 18.4 Å². The Hall–Kier alpha value is -2.14. The Kier molecular flexibility index (Phi) is 7.19. The fourth-order valence-corrected chi connectivity index (χ4v) is 3.13. The number of aliphatic carboxylic acids is 1. The number of hydrogen-bond donors (Lipinski definition) is 3. The summed E-state index contributed by atoms with van der Waals surface area (Å²) in [6.07, 6.45) is 7.71. The minimum atomic E-state index is -0.992. The summed E-state index contributed by atoms with van der Waals surface area (Å²) in [5.41, 5.74) is 4.21. The van der Waals surface area contributed by atoms with Crippen molar-refractivity contribution < 1.29 is 14.7 Å². The summed E-state index contributed by atoms with van der Waals surface area (Å²) in [5, 5.41) is 15.2. The first-order valence-electron chi connectivity index (χ1n) is 8.97. The molecule has 0 aliphatic heterocycles. The minimum Gasteiger partial charge on any atom is -0.480 e. The molecule has 25 heavy (non-hydrogen) atoms. The van der Waals surface area contributed by atoms with E-state index in [4.69, 9.17) is 0 Å². The fraction of sp³-hybridized carbons (Fsp3) is 0.500. The first kappa shape index (κ1) is 19.2.